The Morgan fingerprint density at radius 2 is 2.33 bits per heavy atom. The third kappa shape index (κ3) is 1.93. The quantitative estimate of drug-likeness (QED) is 0.593. The second-order valence-electron chi connectivity index (χ2n) is 2.62. The highest BCUT2D eigenvalue weighted by atomic mass is 16.3. The molecule has 0 radical (unpaired) electrons. The summed E-state index contributed by atoms with van der Waals surface area (Å²) in [5.74, 6) is 0. The fourth-order valence-electron chi connectivity index (χ4n) is 1.05. The molecular formula is C8H13N3O. The van der Waals surface area contributed by atoms with Gasteiger partial charge in [0.1, 0.15) is 0 Å². The van der Waals surface area contributed by atoms with Crippen molar-refractivity contribution >= 4 is 5.69 Å². The molecule has 0 aliphatic heterocycles. The van der Waals surface area contributed by atoms with Gasteiger partial charge in [-0.15, -0.1) is 0 Å². The summed E-state index contributed by atoms with van der Waals surface area (Å²) in [7, 11) is 0. The number of rotatable bonds is 3. The molecule has 0 spiro atoms. The molecule has 0 unspecified atom stereocenters. The molecule has 0 fully saturated rings. The normalized spacial score (nSPS) is 12.8. The maximum atomic E-state index is 8.65. The monoisotopic (exact) mass is 167 g/mol. The molecule has 0 saturated carbocycles. The van der Waals surface area contributed by atoms with E-state index in [1.807, 2.05) is 0 Å². The van der Waals surface area contributed by atoms with Crippen molar-refractivity contribution in [1.82, 2.24) is 4.98 Å². The summed E-state index contributed by atoms with van der Waals surface area (Å²) in [6.45, 7) is 0.0724. The molecule has 12 heavy (non-hydrogen) atoms. The fourth-order valence-corrected chi connectivity index (χ4v) is 1.05. The van der Waals surface area contributed by atoms with Gasteiger partial charge in [0.25, 0.3) is 0 Å². The average molecular weight is 167 g/mol. The number of hydrogen-bond acceptors (Lipinski definition) is 4. The molecule has 1 rings (SSSR count). The van der Waals surface area contributed by atoms with E-state index in [0.717, 1.165) is 5.56 Å². The van der Waals surface area contributed by atoms with Crippen molar-refractivity contribution in [2.75, 3.05) is 12.3 Å². The molecule has 1 aromatic rings. The highest BCUT2D eigenvalue weighted by Crippen LogP contribution is 2.18. The molecule has 0 aliphatic rings. The molecule has 1 heterocycles. The van der Waals surface area contributed by atoms with Crippen LogP contribution in [-0.2, 0) is 0 Å². The van der Waals surface area contributed by atoms with Gasteiger partial charge in [-0.1, -0.05) is 0 Å². The summed E-state index contributed by atoms with van der Waals surface area (Å²) in [5, 5.41) is 8.65. The fraction of sp³-hybridized carbons (Fsp3) is 0.375. The van der Waals surface area contributed by atoms with Crippen LogP contribution in [0.3, 0.4) is 0 Å². The van der Waals surface area contributed by atoms with Crippen LogP contribution in [0.5, 0.6) is 0 Å². The van der Waals surface area contributed by atoms with E-state index in [1.165, 1.54) is 0 Å². The number of hydrogen-bond donors (Lipinski definition) is 3. The van der Waals surface area contributed by atoms with Crippen LogP contribution in [0.4, 0.5) is 5.69 Å². The molecular weight excluding hydrogens is 154 g/mol. The maximum absolute atomic E-state index is 8.65. The van der Waals surface area contributed by atoms with Gasteiger partial charge in [-0.2, -0.15) is 0 Å². The minimum atomic E-state index is -0.196. The molecule has 0 bridgehead atoms. The second kappa shape index (κ2) is 4.04. The summed E-state index contributed by atoms with van der Waals surface area (Å²) in [6, 6.07) is 1.58. The van der Waals surface area contributed by atoms with Crippen LogP contribution in [-0.4, -0.2) is 16.7 Å². The summed E-state index contributed by atoms with van der Waals surface area (Å²) >= 11 is 0. The standard InChI is InChI=1S/C8H13N3O/c9-7(2-4-12)6-1-3-11-5-8(6)10/h1,3,5,7,12H,2,4,9-10H2/t7-/m0/s1. The van der Waals surface area contributed by atoms with Crippen molar-refractivity contribution in [2.45, 2.75) is 12.5 Å². The highest BCUT2D eigenvalue weighted by Gasteiger charge is 2.07. The number of anilines is 1. The predicted molar refractivity (Wildman–Crippen MR) is 47.3 cm³/mol. The van der Waals surface area contributed by atoms with E-state index < -0.39 is 0 Å². The van der Waals surface area contributed by atoms with Crippen LogP contribution in [0.1, 0.15) is 18.0 Å². The Morgan fingerprint density at radius 3 is 2.92 bits per heavy atom. The van der Waals surface area contributed by atoms with Crippen molar-refractivity contribution in [2.24, 2.45) is 5.73 Å². The van der Waals surface area contributed by atoms with Crippen LogP contribution in [0.25, 0.3) is 0 Å². The Morgan fingerprint density at radius 1 is 1.58 bits per heavy atom. The van der Waals surface area contributed by atoms with Gasteiger partial charge in [-0.05, 0) is 18.1 Å². The molecule has 4 heteroatoms. The van der Waals surface area contributed by atoms with Gasteiger partial charge in [-0.3, -0.25) is 4.98 Å². The maximum Gasteiger partial charge on any atom is 0.0549 e. The number of nitrogen functional groups attached to an aromatic ring is 1. The number of aliphatic hydroxyl groups excluding tert-OH is 1. The Hall–Kier alpha value is -1.13. The van der Waals surface area contributed by atoms with Gasteiger partial charge < -0.3 is 16.6 Å². The zero-order valence-electron chi connectivity index (χ0n) is 6.77. The molecule has 0 amide bonds. The van der Waals surface area contributed by atoms with Crippen molar-refractivity contribution in [3.05, 3.63) is 24.0 Å². The van der Waals surface area contributed by atoms with Crippen LogP contribution in [0.15, 0.2) is 18.5 Å². The SMILES string of the molecule is Nc1cnccc1[C@@H](N)CCO. The van der Waals surface area contributed by atoms with E-state index in [1.54, 1.807) is 18.5 Å². The van der Waals surface area contributed by atoms with Crippen LogP contribution >= 0.6 is 0 Å². The Labute approximate surface area is 71.2 Å². The van der Waals surface area contributed by atoms with E-state index in [0.29, 0.717) is 12.1 Å². The number of aromatic nitrogens is 1. The smallest absolute Gasteiger partial charge is 0.0549 e. The lowest BCUT2D eigenvalue weighted by atomic mass is 10.1. The van der Waals surface area contributed by atoms with E-state index in [9.17, 15) is 0 Å². The largest absolute Gasteiger partial charge is 0.397 e. The van der Waals surface area contributed by atoms with E-state index in [4.69, 9.17) is 16.6 Å². The van der Waals surface area contributed by atoms with Gasteiger partial charge in [0.2, 0.25) is 0 Å². The predicted octanol–water partition coefficient (Wildman–Crippen LogP) is 0.0460. The van der Waals surface area contributed by atoms with Crippen molar-refractivity contribution in [1.29, 1.82) is 0 Å². The molecule has 0 aliphatic carbocycles. The van der Waals surface area contributed by atoms with Gasteiger partial charge in [-0.25, -0.2) is 0 Å². The first kappa shape index (κ1) is 8.96. The molecule has 0 saturated heterocycles. The number of pyridine rings is 1. The van der Waals surface area contributed by atoms with Gasteiger partial charge >= 0.3 is 0 Å². The first-order valence-corrected chi connectivity index (χ1v) is 3.81. The molecule has 1 aromatic heterocycles. The van der Waals surface area contributed by atoms with E-state index in [2.05, 4.69) is 4.98 Å². The lowest BCUT2D eigenvalue weighted by molar-refractivity contribution is 0.276. The van der Waals surface area contributed by atoms with Gasteiger partial charge in [0.05, 0.1) is 11.9 Å². The molecule has 4 nitrogen and oxygen atoms in total. The Bertz CT molecular complexity index is 252. The lowest BCUT2D eigenvalue weighted by Crippen LogP contribution is -2.13. The first-order chi connectivity index (χ1) is 5.75. The van der Waals surface area contributed by atoms with Gasteiger partial charge in [0, 0.05) is 18.8 Å². The van der Waals surface area contributed by atoms with Crippen molar-refractivity contribution in [3.63, 3.8) is 0 Å². The lowest BCUT2D eigenvalue weighted by Gasteiger charge is -2.11. The van der Waals surface area contributed by atoms with Crippen LogP contribution in [0, 0.1) is 0 Å². The van der Waals surface area contributed by atoms with Crippen LogP contribution in [0.2, 0.25) is 0 Å². The third-order valence-corrected chi connectivity index (χ3v) is 1.73. The molecule has 5 N–H and O–H groups in total. The zero-order valence-corrected chi connectivity index (χ0v) is 6.77. The minimum Gasteiger partial charge on any atom is -0.397 e. The highest BCUT2D eigenvalue weighted by molar-refractivity contribution is 5.45. The zero-order chi connectivity index (χ0) is 8.97. The van der Waals surface area contributed by atoms with E-state index in [-0.39, 0.29) is 12.6 Å². The Kier molecular flexibility index (Phi) is 3.01. The summed E-state index contributed by atoms with van der Waals surface area (Å²) in [4.78, 5) is 3.84. The number of nitrogens with two attached hydrogens (primary N) is 2. The Balaban J connectivity index is 2.79. The number of aliphatic hydroxyl groups is 1. The van der Waals surface area contributed by atoms with Crippen molar-refractivity contribution < 1.29 is 5.11 Å². The molecule has 1 atom stereocenters. The molecule has 66 valence electrons. The van der Waals surface area contributed by atoms with Crippen molar-refractivity contribution in [3.8, 4) is 0 Å². The third-order valence-electron chi connectivity index (χ3n) is 1.73. The minimum absolute atomic E-state index is 0.0724. The average Bonchev–Trinajstić information content (AvgIpc) is 2.05. The summed E-state index contributed by atoms with van der Waals surface area (Å²) < 4.78 is 0. The first-order valence-electron chi connectivity index (χ1n) is 3.81. The number of nitrogens with zero attached hydrogens (tertiary/aromatic N) is 1. The van der Waals surface area contributed by atoms with Gasteiger partial charge in [0.15, 0.2) is 0 Å². The second-order valence-corrected chi connectivity index (χ2v) is 2.62. The summed E-state index contributed by atoms with van der Waals surface area (Å²) in [5.41, 5.74) is 12.8. The summed E-state index contributed by atoms with van der Waals surface area (Å²) in [6.07, 6.45) is 3.73. The topological polar surface area (TPSA) is 85.2 Å². The molecule has 0 aromatic carbocycles. The van der Waals surface area contributed by atoms with E-state index >= 15 is 0 Å². The van der Waals surface area contributed by atoms with Crippen LogP contribution < -0.4 is 11.5 Å².